The van der Waals surface area contributed by atoms with Gasteiger partial charge in [0.2, 0.25) is 0 Å². The molecule has 0 atom stereocenters. The number of thioether (sulfide) groups is 1. The van der Waals surface area contributed by atoms with E-state index >= 15 is 0 Å². The lowest BCUT2D eigenvalue weighted by Gasteiger charge is -2.21. The smallest absolute Gasteiger partial charge is 0.321 e. The van der Waals surface area contributed by atoms with E-state index < -0.39 is 0 Å². The van der Waals surface area contributed by atoms with Crippen molar-refractivity contribution in [2.45, 2.75) is 30.6 Å². The molecule has 0 spiro atoms. The fraction of sp³-hybridized carbons (Fsp3) is 0.500. The van der Waals surface area contributed by atoms with Crippen LogP contribution in [0.25, 0.3) is 0 Å². The lowest BCUT2D eigenvalue weighted by Crippen LogP contribution is -2.35. The van der Waals surface area contributed by atoms with Crippen LogP contribution in [0.1, 0.15) is 25.7 Å². The van der Waals surface area contributed by atoms with Gasteiger partial charge in [0.15, 0.2) is 0 Å². The number of amides is 2. The van der Waals surface area contributed by atoms with Crippen LogP contribution in [0, 0.1) is 0 Å². The Kier molecular flexibility index (Phi) is 5.40. The topological polar surface area (TPSA) is 32.3 Å². The molecule has 2 amide bonds. The fourth-order valence-electron chi connectivity index (χ4n) is 2.25. The van der Waals surface area contributed by atoms with Gasteiger partial charge in [-0.25, -0.2) is 4.79 Å². The van der Waals surface area contributed by atoms with E-state index in [2.05, 4.69) is 5.32 Å². The highest BCUT2D eigenvalue weighted by Gasteiger charge is 2.16. The number of halogens is 1. The van der Waals surface area contributed by atoms with Crippen molar-refractivity contribution in [1.29, 1.82) is 0 Å². The Labute approximate surface area is 123 Å². The van der Waals surface area contributed by atoms with Crippen LogP contribution in [0.4, 0.5) is 10.5 Å². The van der Waals surface area contributed by atoms with Crippen LogP contribution in [-0.4, -0.2) is 30.3 Å². The molecule has 0 radical (unpaired) electrons. The SMILES string of the molecule is CSc1ccc(Cl)cc1NC(=O)N1CCCCCC1. The molecule has 0 unspecified atom stereocenters. The van der Waals surface area contributed by atoms with E-state index in [1.807, 2.05) is 29.4 Å². The van der Waals surface area contributed by atoms with E-state index in [0.717, 1.165) is 36.5 Å². The Bertz CT molecular complexity index is 445. The number of benzene rings is 1. The molecule has 1 heterocycles. The maximum atomic E-state index is 12.3. The van der Waals surface area contributed by atoms with Crippen molar-refractivity contribution >= 4 is 35.1 Å². The van der Waals surface area contributed by atoms with Crippen molar-refractivity contribution in [2.75, 3.05) is 24.7 Å². The van der Waals surface area contributed by atoms with E-state index in [-0.39, 0.29) is 6.03 Å². The van der Waals surface area contributed by atoms with Crippen LogP contribution >= 0.6 is 23.4 Å². The second kappa shape index (κ2) is 7.06. The zero-order valence-electron chi connectivity index (χ0n) is 11.1. The highest BCUT2D eigenvalue weighted by Crippen LogP contribution is 2.28. The van der Waals surface area contributed by atoms with Crippen molar-refractivity contribution in [3.8, 4) is 0 Å². The summed E-state index contributed by atoms with van der Waals surface area (Å²) in [4.78, 5) is 15.2. The normalized spacial score (nSPS) is 16.0. The van der Waals surface area contributed by atoms with Crippen LogP contribution in [0.5, 0.6) is 0 Å². The van der Waals surface area contributed by atoms with Gasteiger partial charge < -0.3 is 10.2 Å². The predicted octanol–water partition coefficient (Wildman–Crippen LogP) is 4.47. The summed E-state index contributed by atoms with van der Waals surface area (Å²) in [6.45, 7) is 1.70. The molecular weight excluding hydrogens is 280 g/mol. The summed E-state index contributed by atoms with van der Waals surface area (Å²) >= 11 is 7.60. The van der Waals surface area contributed by atoms with Crippen molar-refractivity contribution in [3.63, 3.8) is 0 Å². The summed E-state index contributed by atoms with van der Waals surface area (Å²) in [7, 11) is 0. The van der Waals surface area contributed by atoms with Crippen molar-refractivity contribution < 1.29 is 4.79 Å². The predicted molar refractivity (Wildman–Crippen MR) is 82.3 cm³/mol. The summed E-state index contributed by atoms with van der Waals surface area (Å²) < 4.78 is 0. The first-order valence-electron chi connectivity index (χ1n) is 6.60. The van der Waals surface area contributed by atoms with Crippen LogP contribution in [-0.2, 0) is 0 Å². The monoisotopic (exact) mass is 298 g/mol. The van der Waals surface area contributed by atoms with Gasteiger partial charge in [-0.3, -0.25) is 0 Å². The lowest BCUT2D eigenvalue weighted by molar-refractivity contribution is 0.213. The van der Waals surface area contributed by atoms with Gasteiger partial charge in [0, 0.05) is 23.0 Å². The second-order valence-electron chi connectivity index (χ2n) is 4.68. The molecular formula is C14H19ClN2OS. The van der Waals surface area contributed by atoms with E-state index in [1.165, 1.54) is 12.8 Å². The van der Waals surface area contributed by atoms with Crippen LogP contribution in [0.15, 0.2) is 23.1 Å². The Morgan fingerprint density at radius 1 is 1.26 bits per heavy atom. The van der Waals surface area contributed by atoms with Gasteiger partial charge in [-0.1, -0.05) is 24.4 Å². The highest BCUT2D eigenvalue weighted by molar-refractivity contribution is 7.98. The highest BCUT2D eigenvalue weighted by atomic mass is 35.5. The zero-order chi connectivity index (χ0) is 13.7. The van der Waals surface area contributed by atoms with Gasteiger partial charge in [0.05, 0.1) is 5.69 Å². The second-order valence-corrected chi connectivity index (χ2v) is 5.96. The maximum absolute atomic E-state index is 12.3. The Balaban J connectivity index is 2.07. The zero-order valence-corrected chi connectivity index (χ0v) is 12.7. The van der Waals surface area contributed by atoms with Gasteiger partial charge in [0.1, 0.15) is 0 Å². The number of hydrogen-bond donors (Lipinski definition) is 1. The summed E-state index contributed by atoms with van der Waals surface area (Å²) in [5, 5.41) is 3.62. The molecule has 19 heavy (non-hydrogen) atoms. The van der Waals surface area contributed by atoms with E-state index in [4.69, 9.17) is 11.6 Å². The first-order valence-corrected chi connectivity index (χ1v) is 8.20. The number of hydrogen-bond acceptors (Lipinski definition) is 2. The molecule has 0 aliphatic carbocycles. The van der Waals surface area contributed by atoms with E-state index in [0.29, 0.717) is 5.02 Å². The fourth-order valence-corrected chi connectivity index (χ4v) is 2.95. The number of likely N-dealkylation sites (tertiary alicyclic amines) is 1. The summed E-state index contributed by atoms with van der Waals surface area (Å²) in [6.07, 6.45) is 6.62. The third-order valence-corrected chi connectivity index (χ3v) is 4.33. The molecule has 1 fully saturated rings. The molecule has 3 nitrogen and oxygen atoms in total. The standard InChI is InChI=1S/C14H19ClN2OS/c1-19-13-7-6-11(15)10-12(13)16-14(18)17-8-4-2-3-5-9-17/h6-7,10H,2-5,8-9H2,1H3,(H,16,18). The van der Waals surface area contributed by atoms with Crippen LogP contribution in [0.2, 0.25) is 5.02 Å². The summed E-state index contributed by atoms with van der Waals surface area (Å²) in [5.74, 6) is 0. The first kappa shape index (κ1) is 14.5. The average molecular weight is 299 g/mol. The Hall–Kier alpha value is -0.870. The van der Waals surface area contributed by atoms with E-state index in [1.54, 1.807) is 11.8 Å². The molecule has 1 aliphatic rings. The molecule has 2 rings (SSSR count). The number of urea groups is 1. The minimum absolute atomic E-state index is 0.0144. The first-order chi connectivity index (χ1) is 9.20. The number of carbonyl (C=O) groups is 1. The molecule has 0 aromatic heterocycles. The quantitative estimate of drug-likeness (QED) is 0.817. The molecule has 1 N–H and O–H groups in total. The number of nitrogens with zero attached hydrogens (tertiary/aromatic N) is 1. The number of anilines is 1. The van der Waals surface area contributed by atoms with Crippen molar-refractivity contribution in [1.82, 2.24) is 4.90 Å². The number of rotatable bonds is 2. The Morgan fingerprint density at radius 2 is 1.95 bits per heavy atom. The number of nitrogens with one attached hydrogen (secondary N) is 1. The van der Waals surface area contributed by atoms with Gasteiger partial charge in [0.25, 0.3) is 0 Å². The van der Waals surface area contributed by atoms with Gasteiger partial charge in [-0.15, -0.1) is 11.8 Å². The summed E-state index contributed by atoms with van der Waals surface area (Å²) in [5.41, 5.74) is 0.800. The average Bonchev–Trinajstić information content (AvgIpc) is 2.68. The minimum atomic E-state index is -0.0144. The molecule has 1 saturated heterocycles. The Morgan fingerprint density at radius 3 is 2.58 bits per heavy atom. The van der Waals surface area contributed by atoms with Gasteiger partial charge in [-0.2, -0.15) is 0 Å². The number of carbonyl (C=O) groups excluding carboxylic acids is 1. The third-order valence-electron chi connectivity index (χ3n) is 3.30. The maximum Gasteiger partial charge on any atom is 0.321 e. The van der Waals surface area contributed by atoms with Crippen LogP contribution < -0.4 is 5.32 Å². The van der Waals surface area contributed by atoms with Gasteiger partial charge >= 0.3 is 6.03 Å². The third kappa shape index (κ3) is 4.05. The molecule has 0 bridgehead atoms. The summed E-state index contributed by atoms with van der Waals surface area (Å²) in [6, 6.07) is 5.57. The molecule has 1 aromatic carbocycles. The molecule has 1 aromatic rings. The van der Waals surface area contributed by atoms with Crippen LogP contribution in [0.3, 0.4) is 0 Å². The molecule has 104 valence electrons. The molecule has 0 saturated carbocycles. The van der Waals surface area contributed by atoms with Crippen molar-refractivity contribution in [3.05, 3.63) is 23.2 Å². The van der Waals surface area contributed by atoms with Gasteiger partial charge in [-0.05, 0) is 37.3 Å². The minimum Gasteiger partial charge on any atom is -0.325 e. The molecule has 1 aliphatic heterocycles. The molecule has 5 heteroatoms. The van der Waals surface area contributed by atoms with E-state index in [9.17, 15) is 4.79 Å². The largest absolute Gasteiger partial charge is 0.325 e. The van der Waals surface area contributed by atoms with Crippen molar-refractivity contribution in [2.24, 2.45) is 0 Å². The lowest BCUT2D eigenvalue weighted by atomic mass is 10.2.